The summed E-state index contributed by atoms with van der Waals surface area (Å²) in [5.41, 5.74) is 0.499. The van der Waals surface area contributed by atoms with E-state index in [1.165, 1.54) is 12.1 Å². The van der Waals surface area contributed by atoms with Crippen molar-refractivity contribution in [3.8, 4) is 0 Å². The van der Waals surface area contributed by atoms with Gasteiger partial charge in [-0.3, -0.25) is 4.99 Å². The number of halogens is 3. The van der Waals surface area contributed by atoms with Crippen LogP contribution in [0.25, 0.3) is 0 Å². The van der Waals surface area contributed by atoms with Crippen LogP contribution in [0.5, 0.6) is 0 Å². The highest BCUT2D eigenvalue weighted by molar-refractivity contribution is 14.0. The molecule has 0 fully saturated rings. The molecule has 0 atom stereocenters. The Kier molecular flexibility index (Phi) is 10.3. The molecular weight excluding hydrogens is 387 g/mol. The lowest BCUT2D eigenvalue weighted by Crippen LogP contribution is -2.38. The standard InChI is InChI=1S/C15H23F2N3.HI/c1-4-18-15(20-10-11(2)3)19-8-7-12-5-6-13(16)9-14(12)17;/h5-6,9,11H,4,7-8,10H2,1-3H3,(H2,18,19,20);1H. The fourth-order valence-electron chi connectivity index (χ4n) is 1.66. The molecule has 1 aromatic carbocycles. The molecule has 21 heavy (non-hydrogen) atoms. The topological polar surface area (TPSA) is 36.4 Å². The van der Waals surface area contributed by atoms with Crippen molar-refractivity contribution in [3.63, 3.8) is 0 Å². The van der Waals surface area contributed by atoms with Crippen molar-refractivity contribution in [2.75, 3.05) is 19.6 Å². The minimum Gasteiger partial charge on any atom is -0.357 e. The highest BCUT2D eigenvalue weighted by Crippen LogP contribution is 2.09. The van der Waals surface area contributed by atoms with Crippen molar-refractivity contribution in [1.82, 2.24) is 10.6 Å². The van der Waals surface area contributed by atoms with Gasteiger partial charge in [0.25, 0.3) is 0 Å². The number of nitrogens with one attached hydrogen (secondary N) is 2. The van der Waals surface area contributed by atoms with Gasteiger partial charge in [-0.25, -0.2) is 8.78 Å². The Morgan fingerprint density at radius 1 is 1.24 bits per heavy atom. The first kappa shape index (κ1) is 20.1. The number of nitrogens with zero attached hydrogens (tertiary/aromatic N) is 1. The Labute approximate surface area is 142 Å². The first-order valence-electron chi connectivity index (χ1n) is 6.99. The van der Waals surface area contributed by atoms with Gasteiger partial charge in [0.15, 0.2) is 5.96 Å². The van der Waals surface area contributed by atoms with Gasteiger partial charge in [0.1, 0.15) is 11.6 Å². The van der Waals surface area contributed by atoms with E-state index in [1.807, 2.05) is 6.92 Å². The lowest BCUT2D eigenvalue weighted by Gasteiger charge is -2.12. The zero-order valence-electron chi connectivity index (χ0n) is 12.7. The van der Waals surface area contributed by atoms with Crippen molar-refractivity contribution in [2.24, 2.45) is 10.9 Å². The molecule has 120 valence electrons. The number of guanidine groups is 1. The molecule has 0 radical (unpaired) electrons. The van der Waals surface area contributed by atoms with Crippen LogP contribution in [0.4, 0.5) is 8.78 Å². The summed E-state index contributed by atoms with van der Waals surface area (Å²) in [6.07, 6.45) is 0.484. The van der Waals surface area contributed by atoms with E-state index < -0.39 is 11.6 Å². The van der Waals surface area contributed by atoms with Crippen LogP contribution < -0.4 is 10.6 Å². The molecule has 3 nitrogen and oxygen atoms in total. The molecule has 0 saturated heterocycles. The summed E-state index contributed by atoms with van der Waals surface area (Å²) in [5, 5.41) is 6.28. The van der Waals surface area contributed by atoms with Crippen LogP contribution >= 0.6 is 24.0 Å². The third kappa shape index (κ3) is 8.18. The smallest absolute Gasteiger partial charge is 0.191 e. The van der Waals surface area contributed by atoms with Gasteiger partial charge in [-0.05, 0) is 30.9 Å². The number of hydrogen-bond acceptors (Lipinski definition) is 1. The molecule has 1 rings (SSSR count). The van der Waals surface area contributed by atoms with Gasteiger partial charge in [-0.1, -0.05) is 19.9 Å². The van der Waals surface area contributed by atoms with Crippen molar-refractivity contribution >= 4 is 29.9 Å². The van der Waals surface area contributed by atoms with Crippen LogP contribution in [0.15, 0.2) is 23.2 Å². The van der Waals surface area contributed by atoms with E-state index in [1.54, 1.807) is 0 Å². The Hall–Kier alpha value is -0.920. The molecule has 0 saturated carbocycles. The van der Waals surface area contributed by atoms with Gasteiger partial charge in [0.2, 0.25) is 0 Å². The molecule has 0 aliphatic rings. The lowest BCUT2D eigenvalue weighted by atomic mass is 10.1. The average molecular weight is 411 g/mol. The molecule has 1 aromatic rings. The van der Waals surface area contributed by atoms with E-state index >= 15 is 0 Å². The van der Waals surface area contributed by atoms with Crippen LogP contribution in [0.2, 0.25) is 0 Å². The molecule has 6 heteroatoms. The van der Waals surface area contributed by atoms with Crippen molar-refractivity contribution in [2.45, 2.75) is 27.2 Å². The van der Waals surface area contributed by atoms with E-state index in [0.717, 1.165) is 25.1 Å². The Morgan fingerprint density at radius 3 is 2.52 bits per heavy atom. The Balaban J connectivity index is 0.00000400. The van der Waals surface area contributed by atoms with Gasteiger partial charge in [-0.2, -0.15) is 0 Å². The molecule has 0 aromatic heterocycles. The molecule has 0 aliphatic carbocycles. The summed E-state index contributed by atoms with van der Waals surface area (Å²) in [5.74, 6) is 0.158. The molecule has 0 unspecified atom stereocenters. The van der Waals surface area contributed by atoms with Crippen LogP contribution in [0.1, 0.15) is 26.3 Å². The Morgan fingerprint density at radius 2 is 1.95 bits per heavy atom. The SMILES string of the molecule is CCNC(=NCC(C)C)NCCc1ccc(F)cc1F.I. The van der Waals surface area contributed by atoms with E-state index in [9.17, 15) is 8.78 Å². The van der Waals surface area contributed by atoms with Crippen LogP contribution in [0.3, 0.4) is 0 Å². The molecule has 0 heterocycles. The molecule has 2 N–H and O–H groups in total. The van der Waals surface area contributed by atoms with E-state index in [0.29, 0.717) is 24.4 Å². The van der Waals surface area contributed by atoms with Crippen molar-refractivity contribution < 1.29 is 8.78 Å². The average Bonchev–Trinajstić information content (AvgIpc) is 2.38. The maximum Gasteiger partial charge on any atom is 0.191 e. The van der Waals surface area contributed by atoms with E-state index in [-0.39, 0.29) is 24.0 Å². The third-order valence-corrected chi connectivity index (χ3v) is 2.66. The highest BCUT2D eigenvalue weighted by atomic mass is 127. The fraction of sp³-hybridized carbons (Fsp3) is 0.533. The molecular formula is C15H24F2IN3. The summed E-state index contributed by atoms with van der Waals surface area (Å²) in [6.45, 7) is 8.25. The second-order valence-corrected chi connectivity index (χ2v) is 5.03. The van der Waals surface area contributed by atoms with Crippen molar-refractivity contribution in [3.05, 3.63) is 35.4 Å². The molecule has 0 bridgehead atoms. The largest absolute Gasteiger partial charge is 0.357 e. The Bertz CT molecular complexity index is 451. The zero-order valence-corrected chi connectivity index (χ0v) is 15.1. The minimum atomic E-state index is -0.550. The summed E-state index contributed by atoms with van der Waals surface area (Å²) < 4.78 is 26.3. The monoisotopic (exact) mass is 411 g/mol. The maximum absolute atomic E-state index is 13.5. The number of rotatable bonds is 6. The van der Waals surface area contributed by atoms with Gasteiger partial charge in [0, 0.05) is 25.7 Å². The summed E-state index contributed by atoms with van der Waals surface area (Å²) in [4.78, 5) is 4.42. The number of aliphatic imine (C=N–C) groups is 1. The summed E-state index contributed by atoms with van der Waals surface area (Å²) in [6, 6.07) is 3.66. The first-order valence-corrected chi connectivity index (χ1v) is 6.99. The van der Waals surface area contributed by atoms with Gasteiger partial charge in [0.05, 0.1) is 0 Å². The van der Waals surface area contributed by atoms with Gasteiger partial charge in [-0.15, -0.1) is 24.0 Å². The number of benzene rings is 1. The predicted molar refractivity (Wildman–Crippen MR) is 94.3 cm³/mol. The summed E-state index contributed by atoms with van der Waals surface area (Å²) >= 11 is 0. The first-order chi connectivity index (χ1) is 9.52. The highest BCUT2D eigenvalue weighted by Gasteiger charge is 2.04. The van der Waals surface area contributed by atoms with E-state index in [2.05, 4.69) is 29.5 Å². The second kappa shape index (κ2) is 10.8. The summed E-state index contributed by atoms with van der Waals surface area (Å²) in [7, 11) is 0. The lowest BCUT2D eigenvalue weighted by molar-refractivity contribution is 0.570. The molecule has 0 amide bonds. The zero-order chi connectivity index (χ0) is 15.0. The fourth-order valence-corrected chi connectivity index (χ4v) is 1.66. The van der Waals surface area contributed by atoms with Crippen LogP contribution in [-0.4, -0.2) is 25.6 Å². The molecule has 0 spiro atoms. The quantitative estimate of drug-likeness (QED) is 0.428. The van der Waals surface area contributed by atoms with Crippen molar-refractivity contribution in [1.29, 1.82) is 0 Å². The third-order valence-electron chi connectivity index (χ3n) is 2.66. The minimum absolute atomic E-state index is 0. The van der Waals surface area contributed by atoms with Crippen LogP contribution in [-0.2, 0) is 6.42 Å². The van der Waals surface area contributed by atoms with E-state index in [4.69, 9.17) is 0 Å². The van der Waals surface area contributed by atoms with Gasteiger partial charge >= 0.3 is 0 Å². The second-order valence-electron chi connectivity index (χ2n) is 5.03. The number of hydrogen-bond donors (Lipinski definition) is 2. The van der Waals surface area contributed by atoms with Gasteiger partial charge < -0.3 is 10.6 Å². The normalized spacial score (nSPS) is 11.2. The maximum atomic E-state index is 13.5. The van der Waals surface area contributed by atoms with Crippen LogP contribution in [0, 0.1) is 17.6 Å². The predicted octanol–water partition coefficient (Wildman–Crippen LogP) is 3.34. The molecule has 0 aliphatic heterocycles.